The first-order valence-corrected chi connectivity index (χ1v) is 7.50. The van der Waals surface area contributed by atoms with Gasteiger partial charge in [0, 0.05) is 13.6 Å². The summed E-state index contributed by atoms with van der Waals surface area (Å²) in [5.41, 5.74) is -1.05. The molecule has 1 rings (SSSR count). The van der Waals surface area contributed by atoms with Gasteiger partial charge < -0.3 is 9.67 Å². The lowest BCUT2D eigenvalue weighted by Crippen LogP contribution is -2.42. The van der Waals surface area contributed by atoms with Gasteiger partial charge in [-0.25, -0.2) is 18.1 Å². The number of halogens is 1. The minimum Gasteiger partial charge on any atom is -0.389 e. The Kier molecular flexibility index (Phi) is 4.77. The highest BCUT2D eigenvalue weighted by atomic mass is 35.5. The summed E-state index contributed by atoms with van der Waals surface area (Å²) in [6.45, 7) is 3.53. The highest BCUT2D eigenvalue weighted by molar-refractivity contribution is 7.89. The van der Waals surface area contributed by atoms with Crippen LogP contribution in [0.25, 0.3) is 0 Å². The molecule has 0 atom stereocenters. The van der Waals surface area contributed by atoms with E-state index < -0.39 is 15.6 Å². The zero-order valence-electron chi connectivity index (χ0n) is 10.6. The van der Waals surface area contributed by atoms with Crippen LogP contribution >= 0.6 is 11.6 Å². The van der Waals surface area contributed by atoms with Crippen LogP contribution in [0.15, 0.2) is 11.4 Å². The second-order valence-electron chi connectivity index (χ2n) is 4.21. The molecule has 2 N–H and O–H groups in total. The predicted molar refractivity (Wildman–Crippen MR) is 68.9 cm³/mol. The van der Waals surface area contributed by atoms with Gasteiger partial charge in [0.1, 0.15) is 5.15 Å². The number of aliphatic hydroxyl groups is 1. The van der Waals surface area contributed by atoms with Crippen molar-refractivity contribution in [2.45, 2.75) is 37.3 Å². The number of rotatable bonds is 6. The Balaban J connectivity index is 2.87. The Labute approximate surface area is 112 Å². The fraction of sp³-hybridized carbons (Fsp3) is 0.700. The normalized spacial score (nSPS) is 12.9. The lowest BCUT2D eigenvalue weighted by molar-refractivity contribution is 0.0377. The van der Waals surface area contributed by atoms with E-state index in [4.69, 9.17) is 11.6 Å². The first-order valence-electron chi connectivity index (χ1n) is 5.64. The molecule has 0 saturated carbocycles. The molecular weight excluding hydrogens is 278 g/mol. The summed E-state index contributed by atoms with van der Waals surface area (Å²) in [6.07, 6.45) is 2.24. The van der Waals surface area contributed by atoms with Crippen LogP contribution in [0, 0.1) is 0 Å². The zero-order valence-corrected chi connectivity index (χ0v) is 12.2. The van der Waals surface area contributed by atoms with Crippen LogP contribution in [0.2, 0.25) is 5.15 Å². The van der Waals surface area contributed by atoms with Crippen molar-refractivity contribution in [3.63, 3.8) is 0 Å². The standard InChI is InChI=1S/C10H18ClN3O3S/c1-4-10(15,5-2)6-13-18(16,17)9-8(11)14(3)7-12-9/h7,13,15H,4-6H2,1-3H3. The van der Waals surface area contributed by atoms with E-state index in [0.29, 0.717) is 12.8 Å². The summed E-state index contributed by atoms with van der Waals surface area (Å²) in [4.78, 5) is 3.74. The van der Waals surface area contributed by atoms with Crippen LogP contribution in [-0.4, -0.2) is 35.2 Å². The maximum Gasteiger partial charge on any atom is 0.261 e. The van der Waals surface area contributed by atoms with Crippen molar-refractivity contribution in [3.05, 3.63) is 11.5 Å². The predicted octanol–water partition coefficient (Wildman–Crippen LogP) is 0.903. The van der Waals surface area contributed by atoms with Crippen LogP contribution in [0.3, 0.4) is 0 Å². The molecule has 0 aliphatic heterocycles. The average Bonchev–Trinajstić information content (AvgIpc) is 2.68. The van der Waals surface area contributed by atoms with Gasteiger partial charge in [-0.05, 0) is 12.8 Å². The second-order valence-corrected chi connectivity index (χ2v) is 6.25. The van der Waals surface area contributed by atoms with Crippen LogP contribution in [-0.2, 0) is 17.1 Å². The lowest BCUT2D eigenvalue weighted by Gasteiger charge is -2.24. The number of hydrogen-bond donors (Lipinski definition) is 2. The molecule has 0 spiro atoms. The van der Waals surface area contributed by atoms with E-state index in [1.165, 1.54) is 10.9 Å². The number of aryl methyl sites for hydroxylation is 1. The van der Waals surface area contributed by atoms with Gasteiger partial charge in [0.25, 0.3) is 10.0 Å². The fourth-order valence-electron chi connectivity index (χ4n) is 1.37. The number of sulfonamides is 1. The first-order chi connectivity index (χ1) is 8.25. The van der Waals surface area contributed by atoms with Gasteiger partial charge in [-0.2, -0.15) is 0 Å². The molecule has 0 radical (unpaired) electrons. The van der Waals surface area contributed by atoms with Crippen LogP contribution in [0.1, 0.15) is 26.7 Å². The highest BCUT2D eigenvalue weighted by Gasteiger charge is 2.28. The van der Waals surface area contributed by atoms with E-state index in [-0.39, 0.29) is 16.7 Å². The van der Waals surface area contributed by atoms with Crippen LogP contribution in [0.4, 0.5) is 0 Å². The fourth-order valence-corrected chi connectivity index (χ4v) is 2.92. The van der Waals surface area contributed by atoms with Crippen molar-refractivity contribution in [3.8, 4) is 0 Å². The van der Waals surface area contributed by atoms with Crippen molar-refractivity contribution in [2.24, 2.45) is 7.05 Å². The molecule has 0 aliphatic carbocycles. The van der Waals surface area contributed by atoms with E-state index >= 15 is 0 Å². The summed E-state index contributed by atoms with van der Waals surface area (Å²) in [7, 11) is -2.20. The number of aromatic nitrogens is 2. The molecule has 0 unspecified atom stereocenters. The maximum absolute atomic E-state index is 12.0. The van der Waals surface area contributed by atoms with E-state index in [1.54, 1.807) is 20.9 Å². The smallest absolute Gasteiger partial charge is 0.261 e. The molecule has 18 heavy (non-hydrogen) atoms. The largest absolute Gasteiger partial charge is 0.389 e. The third-order valence-electron chi connectivity index (χ3n) is 3.00. The lowest BCUT2D eigenvalue weighted by atomic mass is 9.98. The quantitative estimate of drug-likeness (QED) is 0.817. The summed E-state index contributed by atoms with van der Waals surface area (Å²) in [5.74, 6) is 0. The number of hydrogen-bond acceptors (Lipinski definition) is 4. The van der Waals surface area contributed by atoms with Crippen molar-refractivity contribution < 1.29 is 13.5 Å². The van der Waals surface area contributed by atoms with Gasteiger partial charge in [-0.15, -0.1) is 0 Å². The molecular formula is C10H18ClN3O3S. The minimum atomic E-state index is -3.80. The van der Waals surface area contributed by atoms with Gasteiger partial charge in [-0.3, -0.25) is 0 Å². The van der Waals surface area contributed by atoms with E-state index in [1.807, 2.05) is 0 Å². The van der Waals surface area contributed by atoms with Crippen molar-refractivity contribution in [1.82, 2.24) is 14.3 Å². The van der Waals surface area contributed by atoms with Gasteiger partial charge in [-0.1, -0.05) is 25.4 Å². The number of imidazole rings is 1. The number of nitrogens with one attached hydrogen (secondary N) is 1. The van der Waals surface area contributed by atoms with Crippen molar-refractivity contribution in [1.29, 1.82) is 0 Å². The monoisotopic (exact) mass is 295 g/mol. The van der Waals surface area contributed by atoms with Gasteiger partial charge >= 0.3 is 0 Å². The number of nitrogens with zero attached hydrogens (tertiary/aromatic N) is 2. The molecule has 0 amide bonds. The van der Waals surface area contributed by atoms with E-state index in [9.17, 15) is 13.5 Å². The van der Waals surface area contributed by atoms with Gasteiger partial charge in [0.2, 0.25) is 5.03 Å². The van der Waals surface area contributed by atoms with Crippen LogP contribution in [0.5, 0.6) is 0 Å². The molecule has 6 nitrogen and oxygen atoms in total. The van der Waals surface area contributed by atoms with E-state index in [2.05, 4.69) is 9.71 Å². The average molecular weight is 296 g/mol. The Morgan fingerprint density at radius 1 is 1.50 bits per heavy atom. The third kappa shape index (κ3) is 3.23. The molecule has 0 aliphatic rings. The van der Waals surface area contributed by atoms with E-state index in [0.717, 1.165) is 0 Å². The second kappa shape index (κ2) is 5.56. The van der Waals surface area contributed by atoms with Crippen LogP contribution < -0.4 is 4.72 Å². The summed E-state index contributed by atoms with van der Waals surface area (Å²) < 4.78 is 27.7. The topological polar surface area (TPSA) is 84.2 Å². The molecule has 0 aromatic carbocycles. The molecule has 0 saturated heterocycles. The van der Waals surface area contributed by atoms with Gasteiger partial charge in [0.15, 0.2) is 0 Å². The van der Waals surface area contributed by atoms with Gasteiger partial charge in [0.05, 0.1) is 11.9 Å². The Morgan fingerprint density at radius 3 is 2.44 bits per heavy atom. The highest BCUT2D eigenvalue weighted by Crippen LogP contribution is 2.19. The Bertz CT molecular complexity index is 508. The summed E-state index contributed by atoms with van der Waals surface area (Å²) in [5, 5.41) is 9.85. The third-order valence-corrected chi connectivity index (χ3v) is 4.89. The molecule has 1 aromatic heterocycles. The molecule has 104 valence electrons. The minimum absolute atomic E-state index is 0.0408. The molecule has 1 aromatic rings. The summed E-state index contributed by atoms with van der Waals surface area (Å²) >= 11 is 5.83. The Hall–Kier alpha value is -0.630. The molecule has 8 heteroatoms. The van der Waals surface area contributed by atoms with Crippen molar-refractivity contribution >= 4 is 21.6 Å². The summed E-state index contributed by atoms with van der Waals surface area (Å²) in [6, 6.07) is 0. The molecule has 0 fully saturated rings. The molecule has 1 heterocycles. The maximum atomic E-state index is 12.0. The molecule has 0 bridgehead atoms. The van der Waals surface area contributed by atoms with Crippen molar-refractivity contribution in [2.75, 3.05) is 6.54 Å². The SMILES string of the molecule is CCC(O)(CC)CNS(=O)(=O)c1ncn(C)c1Cl. The first kappa shape index (κ1) is 15.4. The Morgan fingerprint density at radius 2 is 2.06 bits per heavy atom. The zero-order chi connectivity index (χ0) is 14.0.